The number of aliphatic carboxylic acids is 1. The van der Waals surface area contributed by atoms with Crippen LogP contribution in [-0.2, 0) is 14.8 Å². The van der Waals surface area contributed by atoms with Gasteiger partial charge in [-0.1, -0.05) is 17.7 Å². The molecular formula is C16H21ClN2O4S. The molecule has 0 aromatic heterocycles. The van der Waals surface area contributed by atoms with E-state index in [0.29, 0.717) is 11.4 Å². The Hall–Kier alpha value is -1.15. The molecule has 1 N–H and O–H groups in total. The Kier molecular flexibility index (Phi) is 4.63. The van der Waals surface area contributed by atoms with Gasteiger partial charge in [0.05, 0.1) is 4.90 Å². The molecule has 6 nitrogen and oxygen atoms in total. The molecule has 2 heterocycles. The van der Waals surface area contributed by atoms with Crippen molar-refractivity contribution in [3.05, 3.63) is 29.3 Å². The predicted molar refractivity (Wildman–Crippen MR) is 90.6 cm³/mol. The SMILES string of the molecule is CC1(C(=O)O)C(N2CCCC2)CCN1S(=O)(=O)c1cccc(Cl)c1. The lowest BCUT2D eigenvalue weighted by atomic mass is 9.93. The number of rotatable bonds is 4. The lowest BCUT2D eigenvalue weighted by molar-refractivity contribution is -0.148. The highest BCUT2D eigenvalue weighted by Gasteiger charge is 2.57. The van der Waals surface area contributed by atoms with E-state index in [0.717, 1.165) is 30.2 Å². The maximum absolute atomic E-state index is 13.1. The zero-order chi connectivity index (χ0) is 17.5. The minimum absolute atomic E-state index is 0.0320. The summed E-state index contributed by atoms with van der Waals surface area (Å²) in [6.07, 6.45) is 2.56. The van der Waals surface area contributed by atoms with Gasteiger partial charge in [-0.25, -0.2) is 8.42 Å². The quantitative estimate of drug-likeness (QED) is 0.875. The Labute approximate surface area is 147 Å². The van der Waals surface area contributed by atoms with Gasteiger partial charge in [0, 0.05) is 17.6 Å². The molecule has 0 aliphatic carbocycles. The zero-order valence-electron chi connectivity index (χ0n) is 13.5. The average Bonchev–Trinajstić information content (AvgIpc) is 3.15. The number of hydrogen-bond donors (Lipinski definition) is 1. The molecule has 0 amide bonds. The summed E-state index contributed by atoms with van der Waals surface area (Å²) in [7, 11) is -3.93. The van der Waals surface area contributed by atoms with Crippen molar-refractivity contribution in [1.82, 2.24) is 9.21 Å². The lowest BCUT2D eigenvalue weighted by Gasteiger charge is -2.38. The first-order valence-corrected chi connectivity index (χ1v) is 9.85. The fraction of sp³-hybridized carbons (Fsp3) is 0.562. The molecule has 2 atom stereocenters. The predicted octanol–water partition coefficient (Wildman–Crippen LogP) is 2.04. The van der Waals surface area contributed by atoms with Gasteiger partial charge in [0.1, 0.15) is 5.54 Å². The van der Waals surface area contributed by atoms with E-state index in [1.807, 2.05) is 0 Å². The third-order valence-corrected chi connectivity index (χ3v) is 7.40. The van der Waals surface area contributed by atoms with E-state index in [9.17, 15) is 18.3 Å². The summed E-state index contributed by atoms with van der Waals surface area (Å²) >= 11 is 5.92. The minimum atomic E-state index is -3.93. The monoisotopic (exact) mass is 372 g/mol. The third kappa shape index (κ3) is 2.73. The zero-order valence-corrected chi connectivity index (χ0v) is 15.1. The molecule has 0 spiro atoms. The highest BCUT2D eigenvalue weighted by Crippen LogP contribution is 2.39. The van der Waals surface area contributed by atoms with Gasteiger partial charge in [0.25, 0.3) is 0 Å². The number of carbonyl (C=O) groups is 1. The average molecular weight is 373 g/mol. The van der Waals surface area contributed by atoms with Crippen LogP contribution in [-0.4, -0.2) is 59.9 Å². The van der Waals surface area contributed by atoms with Crippen LogP contribution in [0, 0.1) is 0 Å². The highest BCUT2D eigenvalue weighted by atomic mass is 35.5. The van der Waals surface area contributed by atoms with Crippen LogP contribution in [0.5, 0.6) is 0 Å². The minimum Gasteiger partial charge on any atom is -0.480 e. The van der Waals surface area contributed by atoms with Crippen LogP contribution in [0.15, 0.2) is 29.2 Å². The third-order valence-electron chi connectivity index (χ3n) is 5.17. The number of hydrogen-bond acceptors (Lipinski definition) is 4. The first-order chi connectivity index (χ1) is 11.3. The molecule has 0 radical (unpaired) electrons. The summed E-state index contributed by atoms with van der Waals surface area (Å²) in [5, 5.41) is 10.2. The first-order valence-electron chi connectivity index (χ1n) is 8.04. The van der Waals surface area contributed by atoms with Gasteiger partial charge in [-0.2, -0.15) is 4.31 Å². The molecule has 24 heavy (non-hydrogen) atoms. The van der Waals surface area contributed by atoms with E-state index in [-0.39, 0.29) is 17.5 Å². The molecule has 3 rings (SSSR count). The standard InChI is InChI=1S/C16H21ClN2O4S/c1-16(15(20)21)14(18-8-2-3-9-18)7-10-19(16)24(22,23)13-6-4-5-12(17)11-13/h4-6,11,14H,2-3,7-10H2,1H3,(H,20,21). The molecule has 1 aromatic rings. The second-order valence-corrected chi connectivity index (χ2v) is 8.83. The fourth-order valence-electron chi connectivity index (χ4n) is 3.88. The van der Waals surface area contributed by atoms with Crippen molar-refractivity contribution in [2.24, 2.45) is 0 Å². The van der Waals surface area contributed by atoms with E-state index in [2.05, 4.69) is 4.90 Å². The molecule has 1 aromatic carbocycles. The smallest absolute Gasteiger partial charge is 0.326 e. The van der Waals surface area contributed by atoms with Crippen LogP contribution >= 0.6 is 11.6 Å². The molecule has 2 aliphatic heterocycles. The van der Waals surface area contributed by atoms with Crippen molar-refractivity contribution in [1.29, 1.82) is 0 Å². The Bertz CT molecular complexity index is 748. The topological polar surface area (TPSA) is 77.9 Å². The molecule has 0 bridgehead atoms. The van der Waals surface area contributed by atoms with Crippen molar-refractivity contribution >= 4 is 27.6 Å². The number of halogens is 1. The van der Waals surface area contributed by atoms with Crippen molar-refractivity contribution in [2.75, 3.05) is 19.6 Å². The van der Waals surface area contributed by atoms with Gasteiger partial charge < -0.3 is 5.11 Å². The van der Waals surface area contributed by atoms with Crippen LogP contribution < -0.4 is 0 Å². The van der Waals surface area contributed by atoms with Gasteiger partial charge >= 0.3 is 5.97 Å². The van der Waals surface area contributed by atoms with Gasteiger partial charge in [-0.05, 0) is 57.5 Å². The second-order valence-electron chi connectivity index (χ2n) is 6.53. The summed E-state index contributed by atoms with van der Waals surface area (Å²) in [6.45, 7) is 3.35. The normalized spacial score (nSPS) is 29.2. The van der Waals surface area contributed by atoms with Crippen LogP contribution in [0.1, 0.15) is 26.2 Å². The molecule has 2 aliphatic rings. The largest absolute Gasteiger partial charge is 0.480 e. The number of nitrogens with zero attached hydrogens (tertiary/aromatic N) is 2. The van der Waals surface area contributed by atoms with E-state index < -0.39 is 21.5 Å². The van der Waals surface area contributed by atoms with Gasteiger partial charge in [-0.3, -0.25) is 9.69 Å². The van der Waals surface area contributed by atoms with Crippen LogP contribution in [0.4, 0.5) is 0 Å². The van der Waals surface area contributed by atoms with Crippen LogP contribution in [0.25, 0.3) is 0 Å². The van der Waals surface area contributed by atoms with Crippen molar-refractivity contribution in [3.8, 4) is 0 Å². The second kappa shape index (κ2) is 6.29. The summed E-state index contributed by atoms with van der Waals surface area (Å²) in [5.74, 6) is -1.11. The summed E-state index contributed by atoms with van der Waals surface area (Å²) in [4.78, 5) is 14.2. The number of carboxylic acids is 1. The van der Waals surface area contributed by atoms with E-state index >= 15 is 0 Å². The summed E-state index contributed by atoms with van der Waals surface area (Å²) < 4.78 is 27.2. The number of sulfonamides is 1. The maximum atomic E-state index is 13.1. The molecular weight excluding hydrogens is 352 g/mol. The Balaban J connectivity index is 2.02. The van der Waals surface area contributed by atoms with E-state index in [4.69, 9.17) is 11.6 Å². The Morgan fingerprint density at radius 2 is 1.96 bits per heavy atom. The summed E-state index contributed by atoms with van der Waals surface area (Å²) in [6, 6.07) is 5.65. The molecule has 0 saturated carbocycles. The number of likely N-dealkylation sites (tertiary alicyclic amines) is 1. The van der Waals surface area contributed by atoms with Crippen molar-refractivity contribution in [2.45, 2.75) is 42.7 Å². The highest BCUT2D eigenvalue weighted by molar-refractivity contribution is 7.89. The van der Waals surface area contributed by atoms with Gasteiger partial charge in [0.15, 0.2) is 0 Å². The molecule has 2 fully saturated rings. The first kappa shape index (κ1) is 17.7. The fourth-order valence-corrected chi connectivity index (χ4v) is 5.96. The Morgan fingerprint density at radius 3 is 2.54 bits per heavy atom. The molecule has 2 saturated heterocycles. The van der Waals surface area contributed by atoms with Gasteiger partial charge in [0.2, 0.25) is 10.0 Å². The number of carboxylic acid groups (broad SMARTS) is 1. The van der Waals surface area contributed by atoms with Crippen LogP contribution in [0.3, 0.4) is 0 Å². The van der Waals surface area contributed by atoms with E-state index in [1.54, 1.807) is 12.1 Å². The molecule has 132 valence electrons. The van der Waals surface area contributed by atoms with E-state index in [1.165, 1.54) is 19.1 Å². The van der Waals surface area contributed by atoms with Crippen molar-refractivity contribution in [3.63, 3.8) is 0 Å². The summed E-state index contributed by atoms with van der Waals surface area (Å²) in [5.41, 5.74) is -1.48. The Morgan fingerprint density at radius 1 is 1.29 bits per heavy atom. The number of benzene rings is 1. The lowest BCUT2D eigenvalue weighted by Crippen LogP contribution is -2.60. The maximum Gasteiger partial charge on any atom is 0.326 e. The van der Waals surface area contributed by atoms with Crippen LogP contribution in [0.2, 0.25) is 5.02 Å². The van der Waals surface area contributed by atoms with Crippen molar-refractivity contribution < 1.29 is 18.3 Å². The molecule has 8 heteroatoms. The molecule has 2 unspecified atom stereocenters. The van der Waals surface area contributed by atoms with Gasteiger partial charge in [-0.15, -0.1) is 0 Å².